The van der Waals surface area contributed by atoms with Crippen LogP contribution >= 0.6 is 0 Å². The van der Waals surface area contributed by atoms with Gasteiger partial charge in [-0.15, -0.1) is 5.10 Å². The van der Waals surface area contributed by atoms with E-state index in [4.69, 9.17) is 9.84 Å². The summed E-state index contributed by atoms with van der Waals surface area (Å²) in [7, 11) is 0. The van der Waals surface area contributed by atoms with E-state index in [2.05, 4.69) is 10.3 Å². The van der Waals surface area contributed by atoms with Gasteiger partial charge in [0.25, 0.3) is 0 Å². The van der Waals surface area contributed by atoms with Crippen LogP contribution in [-0.4, -0.2) is 39.3 Å². The van der Waals surface area contributed by atoms with E-state index in [-0.39, 0.29) is 12.3 Å². The number of aliphatic hydroxyl groups excluding tert-OH is 1. The van der Waals surface area contributed by atoms with Crippen LogP contribution in [-0.2, 0) is 11.3 Å². The number of rotatable bonds is 5. The van der Waals surface area contributed by atoms with Crippen molar-refractivity contribution in [2.45, 2.75) is 26.8 Å². The smallest absolute Gasteiger partial charge is 0.360 e. The van der Waals surface area contributed by atoms with Gasteiger partial charge in [0, 0.05) is 13.2 Å². The zero-order chi connectivity index (χ0) is 11.3. The molecule has 0 unspecified atom stereocenters. The summed E-state index contributed by atoms with van der Waals surface area (Å²) < 4.78 is 6.41. The van der Waals surface area contributed by atoms with E-state index >= 15 is 0 Å². The molecule has 0 aliphatic carbocycles. The normalized spacial score (nSPS) is 10.3. The van der Waals surface area contributed by atoms with Gasteiger partial charge >= 0.3 is 5.97 Å². The Labute approximate surface area is 87.9 Å². The van der Waals surface area contributed by atoms with Crippen molar-refractivity contribution in [2.24, 2.45) is 0 Å². The zero-order valence-electron chi connectivity index (χ0n) is 8.93. The number of carbonyl (C=O) groups is 1. The largest absolute Gasteiger partial charge is 0.461 e. The average Bonchev–Trinajstić information content (AvgIpc) is 2.57. The number of esters is 1. The molecule has 1 aromatic rings. The van der Waals surface area contributed by atoms with Gasteiger partial charge in [0.15, 0.2) is 5.69 Å². The van der Waals surface area contributed by atoms with Crippen molar-refractivity contribution in [3.8, 4) is 0 Å². The molecule has 0 saturated heterocycles. The Morgan fingerprint density at radius 3 is 2.93 bits per heavy atom. The molecule has 6 heteroatoms. The molecule has 0 bridgehead atoms. The molecular formula is C9H15N3O3. The maximum atomic E-state index is 11.4. The average molecular weight is 213 g/mol. The Bertz CT molecular complexity index is 335. The molecule has 0 saturated carbocycles. The number of carbonyl (C=O) groups excluding carboxylic acids is 1. The SMILES string of the molecule is CCOC(=O)c1nnn(CCCO)c1C. The molecule has 0 spiro atoms. The minimum Gasteiger partial charge on any atom is -0.461 e. The molecule has 0 fully saturated rings. The first kappa shape index (κ1) is 11.6. The van der Waals surface area contributed by atoms with Crippen molar-refractivity contribution in [2.75, 3.05) is 13.2 Å². The minimum absolute atomic E-state index is 0.0913. The fraction of sp³-hybridized carbons (Fsp3) is 0.667. The van der Waals surface area contributed by atoms with Gasteiger partial charge in [0.05, 0.1) is 12.3 Å². The number of nitrogens with zero attached hydrogens (tertiary/aromatic N) is 3. The van der Waals surface area contributed by atoms with Crippen molar-refractivity contribution in [1.82, 2.24) is 15.0 Å². The van der Waals surface area contributed by atoms with Crippen LogP contribution in [0.4, 0.5) is 0 Å². The topological polar surface area (TPSA) is 77.2 Å². The second-order valence-electron chi connectivity index (χ2n) is 3.04. The van der Waals surface area contributed by atoms with Crippen LogP contribution in [0.3, 0.4) is 0 Å². The Hall–Kier alpha value is -1.43. The lowest BCUT2D eigenvalue weighted by molar-refractivity contribution is 0.0518. The number of hydrogen-bond donors (Lipinski definition) is 1. The fourth-order valence-corrected chi connectivity index (χ4v) is 1.18. The van der Waals surface area contributed by atoms with Gasteiger partial charge in [-0.05, 0) is 20.3 Å². The standard InChI is InChI=1S/C9H15N3O3/c1-3-15-9(14)8-7(2)12(11-10-8)5-4-6-13/h13H,3-6H2,1-2H3. The second kappa shape index (κ2) is 5.45. The maximum absolute atomic E-state index is 11.4. The van der Waals surface area contributed by atoms with Crippen LogP contribution in [0.1, 0.15) is 29.5 Å². The summed E-state index contributed by atoms with van der Waals surface area (Å²) in [4.78, 5) is 11.4. The summed E-state index contributed by atoms with van der Waals surface area (Å²) >= 11 is 0. The van der Waals surface area contributed by atoms with Gasteiger partial charge in [-0.2, -0.15) is 0 Å². The van der Waals surface area contributed by atoms with Gasteiger partial charge in [-0.3, -0.25) is 0 Å². The van der Waals surface area contributed by atoms with Gasteiger partial charge < -0.3 is 9.84 Å². The molecule has 15 heavy (non-hydrogen) atoms. The summed E-state index contributed by atoms with van der Waals surface area (Å²) in [6.45, 7) is 4.46. The van der Waals surface area contributed by atoms with E-state index in [0.717, 1.165) is 0 Å². The zero-order valence-corrected chi connectivity index (χ0v) is 8.93. The van der Waals surface area contributed by atoms with Crippen molar-refractivity contribution in [1.29, 1.82) is 0 Å². The molecule has 0 aliphatic heterocycles. The Morgan fingerprint density at radius 2 is 2.33 bits per heavy atom. The van der Waals surface area contributed by atoms with Crippen LogP contribution in [0.5, 0.6) is 0 Å². The third kappa shape index (κ3) is 2.76. The monoisotopic (exact) mass is 213 g/mol. The molecular weight excluding hydrogens is 198 g/mol. The van der Waals surface area contributed by atoms with Crippen molar-refractivity contribution >= 4 is 5.97 Å². The van der Waals surface area contributed by atoms with Gasteiger partial charge in [0.1, 0.15) is 0 Å². The van der Waals surface area contributed by atoms with Crippen LogP contribution in [0.15, 0.2) is 0 Å². The number of aromatic nitrogens is 3. The lowest BCUT2D eigenvalue weighted by atomic mass is 10.3. The van der Waals surface area contributed by atoms with Crippen LogP contribution in [0.25, 0.3) is 0 Å². The van der Waals surface area contributed by atoms with E-state index in [1.54, 1.807) is 18.5 Å². The minimum atomic E-state index is -0.453. The molecule has 1 rings (SSSR count). The molecule has 1 aromatic heterocycles. The van der Waals surface area contributed by atoms with Crippen LogP contribution in [0.2, 0.25) is 0 Å². The number of ether oxygens (including phenoxy) is 1. The summed E-state index contributed by atoms with van der Waals surface area (Å²) in [5.41, 5.74) is 0.914. The van der Waals surface area contributed by atoms with Gasteiger partial charge in [0.2, 0.25) is 0 Å². The fourth-order valence-electron chi connectivity index (χ4n) is 1.18. The van der Waals surface area contributed by atoms with E-state index in [9.17, 15) is 4.79 Å². The summed E-state index contributed by atoms with van der Waals surface area (Å²) in [6.07, 6.45) is 0.590. The summed E-state index contributed by atoms with van der Waals surface area (Å²) in [6, 6.07) is 0. The first-order valence-electron chi connectivity index (χ1n) is 4.88. The highest BCUT2D eigenvalue weighted by molar-refractivity contribution is 5.88. The van der Waals surface area contributed by atoms with Crippen molar-refractivity contribution < 1.29 is 14.6 Å². The third-order valence-corrected chi connectivity index (χ3v) is 1.98. The number of aryl methyl sites for hydroxylation is 1. The van der Waals surface area contributed by atoms with Crippen LogP contribution < -0.4 is 0 Å². The molecule has 0 amide bonds. The third-order valence-electron chi connectivity index (χ3n) is 1.98. The predicted molar refractivity (Wildman–Crippen MR) is 52.4 cm³/mol. The van der Waals surface area contributed by atoms with Crippen molar-refractivity contribution in [3.05, 3.63) is 11.4 Å². The molecule has 0 radical (unpaired) electrons. The van der Waals surface area contributed by atoms with Crippen LogP contribution in [0, 0.1) is 6.92 Å². The maximum Gasteiger partial charge on any atom is 0.360 e. The van der Waals surface area contributed by atoms with E-state index < -0.39 is 5.97 Å². The molecule has 0 aromatic carbocycles. The van der Waals surface area contributed by atoms with E-state index in [1.165, 1.54) is 0 Å². The molecule has 1 N–H and O–H groups in total. The molecule has 6 nitrogen and oxygen atoms in total. The lowest BCUT2D eigenvalue weighted by Gasteiger charge is -2.01. The highest BCUT2D eigenvalue weighted by Crippen LogP contribution is 2.05. The summed E-state index contributed by atoms with van der Waals surface area (Å²) in [5.74, 6) is -0.453. The summed E-state index contributed by atoms with van der Waals surface area (Å²) in [5, 5.41) is 16.2. The quantitative estimate of drug-likeness (QED) is 0.704. The first-order valence-corrected chi connectivity index (χ1v) is 4.88. The molecule has 0 aliphatic rings. The predicted octanol–water partition coefficient (Wildman–Crippen LogP) is 0.146. The number of hydrogen-bond acceptors (Lipinski definition) is 5. The Morgan fingerprint density at radius 1 is 1.60 bits per heavy atom. The highest BCUT2D eigenvalue weighted by Gasteiger charge is 2.16. The van der Waals surface area contributed by atoms with E-state index in [1.807, 2.05) is 0 Å². The Balaban J connectivity index is 2.74. The molecule has 0 atom stereocenters. The second-order valence-corrected chi connectivity index (χ2v) is 3.04. The van der Waals surface area contributed by atoms with Crippen molar-refractivity contribution in [3.63, 3.8) is 0 Å². The molecule has 84 valence electrons. The Kier molecular flexibility index (Phi) is 4.23. The number of aliphatic hydroxyl groups is 1. The highest BCUT2D eigenvalue weighted by atomic mass is 16.5. The molecule has 1 heterocycles. The van der Waals surface area contributed by atoms with E-state index in [0.29, 0.717) is 25.3 Å². The lowest BCUT2D eigenvalue weighted by Crippen LogP contribution is -2.08. The first-order chi connectivity index (χ1) is 7.20. The van der Waals surface area contributed by atoms with Gasteiger partial charge in [-0.1, -0.05) is 5.21 Å². The van der Waals surface area contributed by atoms with Gasteiger partial charge in [-0.25, -0.2) is 9.48 Å².